The van der Waals surface area contributed by atoms with Gasteiger partial charge in [-0.2, -0.15) is 0 Å². The van der Waals surface area contributed by atoms with Crippen molar-refractivity contribution in [2.75, 3.05) is 4.72 Å². The third-order valence-corrected chi connectivity index (χ3v) is 4.76. The number of anilines is 1. The van der Waals surface area contributed by atoms with Crippen LogP contribution >= 0.6 is 0 Å². The van der Waals surface area contributed by atoms with Crippen LogP contribution in [0.3, 0.4) is 0 Å². The average Bonchev–Trinajstić information content (AvgIpc) is 2.62. The summed E-state index contributed by atoms with van der Waals surface area (Å²) in [5, 5.41) is 9.73. The van der Waals surface area contributed by atoms with Crippen molar-refractivity contribution in [1.82, 2.24) is 0 Å². The standard InChI is InChI=1S/C21H20FNO3S/c22-19-9-7-17(8-10-19)18(12-16-4-2-6-21(24)14-16)11-15-3-1-5-20(13-15)23-27(25)26/h1-10,13-14,18,23-24H,11-12H2,(H,25,26). The van der Waals surface area contributed by atoms with Gasteiger partial charge in [0.15, 0.2) is 0 Å². The van der Waals surface area contributed by atoms with Crippen LogP contribution in [0.5, 0.6) is 5.75 Å². The lowest BCUT2D eigenvalue weighted by Gasteiger charge is -2.19. The fourth-order valence-corrected chi connectivity index (χ4v) is 3.49. The van der Waals surface area contributed by atoms with Gasteiger partial charge in [0, 0.05) is 5.69 Å². The van der Waals surface area contributed by atoms with Crippen LogP contribution in [-0.2, 0) is 24.1 Å². The van der Waals surface area contributed by atoms with E-state index in [1.54, 1.807) is 36.4 Å². The maximum Gasteiger partial charge on any atom is 0.259 e. The van der Waals surface area contributed by atoms with Crippen LogP contribution in [0, 0.1) is 5.82 Å². The van der Waals surface area contributed by atoms with Crippen molar-refractivity contribution >= 4 is 17.0 Å². The second kappa shape index (κ2) is 8.79. The first kappa shape index (κ1) is 19.1. The Labute approximate surface area is 160 Å². The zero-order valence-corrected chi connectivity index (χ0v) is 15.3. The summed E-state index contributed by atoms with van der Waals surface area (Å²) >= 11 is -2.13. The van der Waals surface area contributed by atoms with Gasteiger partial charge in [0.2, 0.25) is 0 Å². The van der Waals surface area contributed by atoms with Crippen molar-refractivity contribution in [3.8, 4) is 5.75 Å². The molecule has 0 heterocycles. The van der Waals surface area contributed by atoms with Crippen LogP contribution in [0.1, 0.15) is 22.6 Å². The van der Waals surface area contributed by atoms with Crippen molar-refractivity contribution < 1.29 is 18.3 Å². The van der Waals surface area contributed by atoms with Crippen LogP contribution in [0.4, 0.5) is 10.1 Å². The van der Waals surface area contributed by atoms with Gasteiger partial charge in [-0.05, 0) is 71.8 Å². The molecule has 0 radical (unpaired) electrons. The van der Waals surface area contributed by atoms with E-state index in [0.29, 0.717) is 18.5 Å². The summed E-state index contributed by atoms with van der Waals surface area (Å²) in [6.45, 7) is 0. The minimum atomic E-state index is -2.13. The predicted molar refractivity (Wildman–Crippen MR) is 105 cm³/mol. The summed E-state index contributed by atoms with van der Waals surface area (Å²) in [5.41, 5.74) is 3.52. The Morgan fingerprint density at radius 2 is 1.56 bits per heavy atom. The molecule has 6 heteroatoms. The zero-order chi connectivity index (χ0) is 19.2. The Bertz CT molecular complexity index is 931. The first-order valence-electron chi connectivity index (χ1n) is 8.49. The van der Waals surface area contributed by atoms with Gasteiger partial charge in [-0.25, -0.2) is 8.60 Å². The lowest BCUT2D eigenvalue weighted by molar-refractivity contribution is 0.474. The van der Waals surface area contributed by atoms with E-state index in [-0.39, 0.29) is 17.5 Å². The van der Waals surface area contributed by atoms with Crippen LogP contribution < -0.4 is 4.72 Å². The van der Waals surface area contributed by atoms with Crippen LogP contribution in [-0.4, -0.2) is 13.9 Å². The van der Waals surface area contributed by atoms with Crippen LogP contribution in [0.15, 0.2) is 72.8 Å². The van der Waals surface area contributed by atoms with Gasteiger partial charge in [0.05, 0.1) is 0 Å². The van der Waals surface area contributed by atoms with E-state index < -0.39 is 11.3 Å². The van der Waals surface area contributed by atoms with E-state index in [9.17, 15) is 13.7 Å². The molecule has 0 aliphatic heterocycles. The quantitative estimate of drug-likeness (QED) is 0.519. The highest BCUT2D eigenvalue weighted by atomic mass is 32.2. The fourth-order valence-electron chi connectivity index (χ4n) is 3.16. The molecule has 0 aliphatic rings. The molecular formula is C21H20FNO3S. The Balaban J connectivity index is 1.87. The second-order valence-corrected chi connectivity index (χ2v) is 7.08. The van der Waals surface area contributed by atoms with Gasteiger partial charge in [0.25, 0.3) is 11.3 Å². The van der Waals surface area contributed by atoms with Crippen molar-refractivity contribution in [3.05, 3.63) is 95.3 Å². The van der Waals surface area contributed by atoms with E-state index >= 15 is 0 Å². The largest absolute Gasteiger partial charge is 0.508 e. The van der Waals surface area contributed by atoms with E-state index in [2.05, 4.69) is 4.72 Å². The molecule has 0 aliphatic carbocycles. The highest BCUT2D eigenvalue weighted by molar-refractivity contribution is 7.80. The molecule has 2 unspecified atom stereocenters. The number of nitrogens with one attached hydrogen (secondary N) is 1. The van der Waals surface area contributed by atoms with E-state index in [4.69, 9.17) is 4.55 Å². The molecule has 0 bridgehead atoms. The second-order valence-electron chi connectivity index (χ2n) is 6.38. The van der Waals surface area contributed by atoms with E-state index in [1.807, 2.05) is 24.3 Å². The first-order chi connectivity index (χ1) is 13.0. The summed E-state index contributed by atoms with van der Waals surface area (Å²) in [4.78, 5) is 0. The highest BCUT2D eigenvalue weighted by Crippen LogP contribution is 2.27. The van der Waals surface area contributed by atoms with E-state index in [1.165, 1.54) is 12.1 Å². The van der Waals surface area contributed by atoms with Crippen LogP contribution in [0.2, 0.25) is 0 Å². The minimum absolute atomic E-state index is 0.0577. The highest BCUT2D eigenvalue weighted by Gasteiger charge is 2.15. The predicted octanol–water partition coefficient (Wildman–Crippen LogP) is 4.65. The number of phenolic OH excluding ortho intramolecular Hbond substituents is 1. The molecule has 0 fully saturated rings. The van der Waals surface area contributed by atoms with Crippen molar-refractivity contribution in [1.29, 1.82) is 0 Å². The fraction of sp³-hybridized carbons (Fsp3) is 0.143. The number of aromatic hydroxyl groups is 1. The zero-order valence-electron chi connectivity index (χ0n) is 14.5. The van der Waals surface area contributed by atoms with Crippen molar-refractivity contribution in [2.45, 2.75) is 18.8 Å². The monoisotopic (exact) mass is 385 g/mol. The smallest absolute Gasteiger partial charge is 0.259 e. The third kappa shape index (κ3) is 5.64. The number of hydrogen-bond donors (Lipinski definition) is 3. The van der Waals surface area contributed by atoms with Gasteiger partial charge in [-0.1, -0.05) is 36.4 Å². The number of benzene rings is 3. The van der Waals surface area contributed by atoms with E-state index in [0.717, 1.165) is 16.7 Å². The maximum atomic E-state index is 13.3. The Morgan fingerprint density at radius 3 is 2.19 bits per heavy atom. The Morgan fingerprint density at radius 1 is 0.926 bits per heavy atom. The molecule has 3 rings (SSSR count). The summed E-state index contributed by atoms with van der Waals surface area (Å²) in [6, 6.07) is 20.8. The first-order valence-corrected chi connectivity index (χ1v) is 9.60. The molecular weight excluding hydrogens is 365 g/mol. The molecule has 0 aromatic heterocycles. The molecule has 0 saturated carbocycles. The maximum absolute atomic E-state index is 13.3. The van der Waals surface area contributed by atoms with Gasteiger partial charge in [-0.3, -0.25) is 9.27 Å². The molecule has 27 heavy (non-hydrogen) atoms. The number of hydrogen-bond acceptors (Lipinski definition) is 2. The lowest BCUT2D eigenvalue weighted by atomic mass is 9.86. The number of halogens is 1. The van der Waals surface area contributed by atoms with Crippen molar-refractivity contribution in [3.63, 3.8) is 0 Å². The topological polar surface area (TPSA) is 69.6 Å². The normalized spacial score (nSPS) is 13.1. The summed E-state index contributed by atoms with van der Waals surface area (Å²) in [5.74, 6) is -0.0178. The number of rotatable bonds is 7. The number of phenols is 1. The molecule has 140 valence electrons. The van der Waals surface area contributed by atoms with Gasteiger partial charge >= 0.3 is 0 Å². The molecule has 2 atom stereocenters. The molecule has 0 amide bonds. The average molecular weight is 385 g/mol. The molecule has 0 saturated heterocycles. The van der Waals surface area contributed by atoms with Gasteiger partial charge < -0.3 is 5.11 Å². The minimum Gasteiger partial charge on any atom is -0.508 e. The summed E-state index contributed by atoms with van der Waals surface area (Å²) < 4.78 is 35.8. The Hall–Kier alpha value is -2.70. The van der Waals surface area contributed by atoms with Gasteiger partial charge in [0.1, 0.15) is 11.6 Å². The third-order valence-electron chi connectivity index (χ3n) is 4.35. The summed E-state index contributed by atoms with van der Waals surface area (Å²) in [7, 11) is 0. The molecule has 3 aromatic rings. The lowest BCUT2D eigenvalue weighted by Crippen LogP contribution is -2.08. The van der Waals surface area contributed by atoms with Gasteiger partial charge in [-0.15, -0.1) is 0 Å². The molecule has 0 spiro atoms. The SMILES string of the molecule is O=S(O)Nc1cccc(CC(Cc2cccc(O)c2)c2ccc(F)cc2)c1. The summed E-state index contributed by atoms with van der Waals surface area (Å²) in [6.07, 6.45) is 1.33. The molecule has 3 aromatic carbocycles. The molecule has 4 nitrogen and oxygen atoms in total. The van der Waals surface area contributed by atoms with Crippen molar-refractivity contribution in [2.24, 2.45) is 0 Å². The molecule has 3 N–H and O–H groups in total. The Kier molecular flexibility index (Phi) is 6.21. The van der Waals surface area contributed by atoms with Crippen LogP contribution in [0.25, 0.3) is 0 Å².